The number of fused-ring (bicyclic) bond motifs is 1. The number of sulfonamides is 1. The molecular weight excluding hydrogens is 359 g/mol. The number of aryl methyl sites for hydroxylation is 1. The molecule has 4 rings (SSSR count). The second-order valence-corrected chi connectivity index (χ2v) is 8.98. The van der Waals surface area contributed by atoms with Gasteiger partial charge in [-0.25, -0.2) is 17.5 Å². The maximum absolute atomic E-state index is 15.1. The van der Waals surface area contributed by atoms with Crippen LogP contribution in [0.3, 0.4) is 0 Å². The molecule has 1 heterocycles. The normalized spacial score (nSPS) is 24.1. The van der Waals surface area contributed by atoms with Crippen LogP contribution in [0, 0.1) is 11.7 Å². The summed E-state index contributed by atoms with van der Waals surface area (Å²) in [6.07, 6.45) is 6.43. The molecular formula is C18H21FN2O4S. The smallest absolute Gasteiger partial charge is 0.265 e. The van der Waals surface area contributed by atoms with Gasteiger partial charge in [-0.15, -0.1) is 0 Å². The largest absolute Gasteiger partial charge is 0.507 e. The van der Waals surface area contributed by atoms with E-state index in [9.17, 15) is 18.3 Å². The summed E-state index contributed by atoms with van der Waals surface area (Å²) in [7, 11) is -4.15. The minimum atomic E-state index is -4.15. The first-order valence-corrected chi connectivity index (χ1v) is 10.4. The quantitative estimate of drug-likeness (QED) is 0.721. The van der Waals surface area contributed by atoms with Crippen LogP contribution in [0.5, 0.6) is 5.75 Å². The molecule has 1 saturated carbocycles. The van der Waals surface area contributed by atoms with Crippen molar-refractivity contribution in [1.29, 1.82) is 0 Å². The Morgan fingerprint density at radius 3 is 2.73 bits per heavy atom. The lowest BCUT2D eigenvalue weighted by molar-refractivity contribution is -0.114. The van der Waals surface area contributed by atoms with Crippen LogP contribution in [0.15, 0.2) is 12.1 Å². The Balaban J connectivity index is 1.62. The number of benzene rings is 1. The molecule has 6 nitrogen and oxygen atoms in total. The third kappa shape index (κ3) is 3.23. The molecule has 2 aliphatic carbocycles. The molecule has 1 atom stereocenters. The van der Waals surface area contributed by atoms with Crippen LogP contribution >= 0.6 is 0 Å². The summed E-state index contributed by atoms with van der Waals surface area (Å²) in [6.45, 7) is 0.898. The summed E-state index contributed by atoms with van der Waals surface area (Å²) in [5.74, 6) is -1.22. The van der Waals surface area contributed by atoms with Gasteiger partial charge in [-0.1, -0.05) is 12.8 Å². The van der Waals surface area contributed by atoms with Crippen molar-refractivity contribution in [1.82, 2.24) is 10.0 Å². The van der Waals surface area contributed by atoms with Gasteiger partial charge in [0, 0.05) is 12.1 Å². The number of amides is 1. The Hall–Kier alpha value is -1.93. The van der Waals surface area contributed by atoms with Gasteiger partial charge in [-0.2, -0.15) is 0 Å². The van der Waals surface area contributed by atoms with Crippen LogP contribution in [-0.2, 0) is 27.7 Å². The lowest BCUT2D eigenvalue weighted by Gasteiger charge is -2.27. The zero-order chi connectivity index (χ0) is 18.5. The predicted octanol–water partition coefficient (Wildman–Crippen LogP) is 1.58. The minimum Gasteiger partial charge on any atom is -0.507 e. The van der Waals surface area contributed by atoms with Crippen LogP contribution in [-0.4, -0.2) is 32.0 Å². The highest BCUT2D eigenvalue weighted by molar-refractivity contribution is 8.00. The number of hydrogen-bond acceptors (Lipinski definition) is 5. The van der Waals surface area contributed by atoms with E-state index in [1.165, 1.54) is 18.9 Å². The van der Waals surface area contributed by atoms with Crippen molar-refractivity contribution in [2.24, 2.45) is 5.92 Å². The number of halogens is 1. The topological polar surface area (TPSA) is 95.5 Å². The van der Waals surface area contributed by atoms with Crippen molar-refractivity contribution in [3.63, 3.8) is 0 Å². The fourth-order valence-corrected chi connectivity index (χ4v) is 4.94. The third-order valence-electron chi connectivity index (χ3n) is 5.37. The van der Waals surface area contributed by atoms with Gasteiger partial charge >= 0.3 is 0 Å². The summed E-state index contributed by atoms with van der Waals surface area (Å²) >= 11 is 0. The first-order valence-electron chi connectivity index (χ1n) is 8.90. The van der Waals surface area contributed by atoms with Crippen molar-refractivity contribution in [2.45, 2.75) is 44.6 Å². The van der Waals surface area contributed by atoms with E-state index in [4.69, 9.17) is 0 Å². The van der Waals surface area contributed by atoms with Gasteiger partial charge in [0.05, 0.1) is 5.56 Å². The highest BCUT2D eigenvalue weighted by atomic mass is 32.2. The number of hydrogen-bond donors (Lipinski definition) is 3. The van der Waals surface area contributed by atoms with Crippen LogP contribution in [0.1, 0.15) is 42.4 Å². The molecule has 1 aromatic carbocycles. The maximum Gasteiger partial charge on any atom is 0.265 e. The number of carbonyl (C=O) groups excluding carboxylic acids is 1. The van der Waals surface area contributed by atoms with Crippen molar-refractivity contribution in [3.05, 3.63) is 34.6 Å². The van der Waals surface area contributed by atoms with Gasteiger partial charge in [-0.3, -0.25) is 4.79 Å². The highest BCUT2D eigenvalue weighted by Gasteiger charge is 2.35. The summed E-state index contributed by atoms with van der Waals surface area (Å²) in [6, 6.07) is 1.55. The van der Waals surface area contributed by atoms with Crippen molar-refractivity contribution < 1.29 is 22.7 Å². The SMILES string of the molecule is O=C1C=C(c2c(O)cc3c(c2F)CC(NCCC2CC2)CC3)S(=O)(=O)N1. The zero-order valence-corrected chi connectivity index (χ0v) is 15.0. The molecule has 26 heavy (non-hydrogen) atoms. The highest BCUT2D eigenvalue weighted by Crippen LogP contribution is 2.38. The number of nitrogens with one attached hydrogen (secondary N) is 2. The van der Waals surface area contributed by atoms with Gasteiger partial charge in [0.15, 0.2) is 0 Å². The predicted molar refractivity (Wildman–Crippen MR) is 94.3 cm³/mol. The average Bonchev–Trinajstić information content (AvgIpc) is 3.33. The maximum atomic E-state index is 15.1. The van der Waals surface area contributed by atoms with Gasteiger partial charge in [0.1, 0.15) is 16.5 Å². The molecule has 0 bridgehead atoms. The van der Waals surface area contributed by atoms with Gasteiger partial charge in [0.2, 0.25) is 0 Å². The molecule has 0 radical (unpaired) electrons. The van der Waals surface area contributed by atoms with Crippen LogP contribution < -0.4 is 10.0 Å². The monoisotopic (exact) mass is 380 g/mol. The van der Waals surface area contributed by atoms with Gasteiger partial charge in [0.25, 0.3) is 15.9 Å². The van der Waals surface area contributed by atoms with E-state index in [1.54, 1.807) is 4.72 Å². The second-order valence-electron chi connectivity index (χ2n) is 7.33. The summed E-state index contributed by atoms with van der Waals surface area (Å²) in [4.78, 5) is 10.9. The first kappa shape index (κ1) is 17.5. The molecule has 1 unspecified atom stereocenters. The molecule has 0 aromatic heterocycles. The van der Waals surface area contributed by atoms with E-state index in [-0.39, 0.29) is 6.04 Å². The molecule has 1 fully saturated rings. The third-order valence-corrected chi connectivity index (χ3v) is 6.74. The summed E-state index contributed by atoms with van der Waals surface area (Å²) < 4.78 is 41.0. The molecule has 140 valence electrons. The van der Waals surface area contributed by atoms with Crippen molar-refractivity contribution in [2.75, 3.05) is 6.54 Å². The Bertz CT molecular complexity index is 906. The average molecular weight is 380 g/mol. The molecule has 1 aliphatic heterocycles. The Morgan fingerprint density at radius 2 is 2.08 bits per heavy atom. The number of aromatic hydroxyl groups is 1. The van der Waals surface area contributed by atoms with E-state index in [2.05, 4.69) is 5.32 Å². The molecule has 1 amide bonds. The number of phenols is 1. The van der Waals surface area contributed by atoms with Crippen LogP contribution in [0.4, 0.5) is 4.39 Å². The van der Waals surface area contributed by atoms with Crippen molar-refractivity contribution in [3.8, 4) is 5.75 Å². The van der Waals surface area contributed by atoms with Gasteiger partial charge in [-0.05, 0) is 55.3 Å². The minimum absolute atomic E-state index is 0.127. The second kappa shape index (κ2) is 6.35. The fraction of sp³-hybridized carbons (Fsp3) is 0.500. The standard InChI is InChI=1S/C18H21FN2O4S/c19-18-13-8-12(20-6-5-10-1-2-10)4-3-11(13)7-14(22)17(18)15-9-16(23)21-26(15,24)25/h7,9-10,12,20,22H,1-6,8H2,(H,21,23). The van der Waals surface area contributed by atoms with E-state index in [0.29, 0.717) is 24.0 Å². The Kier molecular flexibility index (Phi) is 4.27. The lowest BCUT2D eigenvalue weighted by atomic mass is 9.86. The van der Waals surface area contributed by atoms with Crippen molar-refractivity contribution >= 4 is 20.8 Å². The molecule has 0 spiro atoms. The Labute approximate surface area is 151 Å². The summed E-state index contributed by atoms with van der Waals surface area (Å²) in [5, 5.41) is 13.7. The number of carbonyl (C=O) groups is 1. The zero-order valence-electron chi connectivity index (χ0n) is 14.2. The van der Waals surface area contributed by atoms with Crippen LogP contribution in [0.2, 0.25) is 0 Å². The molecule has 3 N–H and O–H groups in total. The number of rotatable bonds is 5. The fourth-order valence-electron chi connectivity index (χ4n) is 3.78. The molecule has 0 saturated heterocycles. The van der Waals surface area contributed by atoms with E-state index >= 15 is 4.39 Å². The Morgan fingerprint density at radius 1 is 1.31 bits per heavy atom. The molecule has 3 aliphatic rings. The van der Waals surface area contributed by atoms with E-state index < -0.39 is 38.0 Å². The van der Waals surface area contributed by atoms with Gasteiger partial charge < -0.3 is 10.4 Å². The van der Waals surface area contributed by atoms with E-state index in [0.717, 1.165) is 31.4 Å². The van der Waals surface area contributed by atoms with E-state index in [1.807, 2.05) is 0 Å². The molecule has 8 heteroatoms. The lowest BCUT2D eigenvalue weighted by Crippen LogP contribution is -2.36. The summed E-state index contributed by atoms with van der Waals surface area (Å²) in [5.41, 5.74) is 0.698. The first-order chi connectivity index (χ1) is 12.3. The number of phenolic OH excluding ortho intramolecular Hbond substituents is 1. The van der Waals surface area contributed by atoms with Crippen LogP contribution in [0.25, 0.3) is 4.91 Å². The molecule has 1 aromatic rings.